The number of hydrogen-bond donors (Lipinski definition) is 0. The first-order valence-electron chi connectivity index (χ1n) is 10.7. The number of rotatable bonds is 6. The Balaban J connectivity index is 1.28. The fraction of sp³-hybridized carbons (Fsp3) is 0.360. The van der Waals surface area contributed by atoms with Gasteiger partial charge in [-0.1, -0.05) is 35.5 Å². The lowest BCUT2D eigenvalue weighted by atomic mass is 10.1. The Morgan fingerprint density at radius 1 is 1.00 bits per heavy atom. The fourth-order valence-corrected chi connectivity index (χ4v) is 3.97. The van der Waals surface area contributed by atoms with E-state index in [9.17, 15) is 4.79 Å². The quantitative estimate of drug-likeness (QED) is 0.603. The van der Waals surface area contributed by atoms with E-state index in [0.717, 1.165) is 54.5 Å². The Bertz CT molecular complexity index is 1010. The monoisotopic (exact) mass is 419 g/mol. The van der Waals surface area contributed by atoms with E-state index in [1.165, 1.54) is 11.3 Å². The molecule has 6 heteroatoms. The van der Waals surface area contributed by atoms with Crippen molar-refractivity contribution >= 4 is 11.6 Å². The Labute approximate surface area is 183 Å². The number of piperazine rings is 1. The molecule has 0 bridgehead atoms. The van der Waals surface area contributed by atoms with Crippen LogP contribution in [0.15, 0.2) is 53.1 Å². The normalized spacial score (nSPS) is 14.0. The van der Waals surface area contributed by atoms with Crippen LogP contribution in [-0.4, -0.2) is 42.1 Å². The summed E-state index contributed by atoms with van der Waals surface area (Å²) in [6.45, 7) is 9.59. The van der Waals surface area contributed by atoms with Crippen molar-refractivity contribution in [3.05, 3.63) is 76.7 Å². The van der Waals surface area contributed by atoms with E-state index in [1.54, 1.807) is 0 Å². The van der Waals surface area contributed by atoms with E-state index in [0.29, 0.717) is 13.0 Å². The summed E-state index contributed by atoms with van der Waals surface area (Å²) in [6.07, 6.45) is 0.411. The van der Waals surface area contributed by atoms with Gasteiger partial charge in [0.25, 0.3) is 0 Å². The molecule has 1 amide bonds. The molecule has 0 N–H and O–H groups in total. The molecule has 3 aromatic rings. The summed E-state index contributed by atoms with van der Waals surface area (Å²) in [5, 5.41) is 3.95. The van der Waals surface area contributed by atoms with Crippen LogP contribution in [0.4, 0.5) is 5.69 Å². The highest BCUT2D eigenvalue weighted by molar-refractivity contribution is 5.79. The topological polar surface area (TPSA) is 58.8 Å². The number of aryl methyl sites for hydroxylation is 3. The number of amides is 1. The number of carbonyl (C=O) groups excluding carboxylic acids is 1. The molecule has 1 saturated heterocycles. The Morgan fingerprint density at radius 2 is 1.71 bits per heavy atom. The number of para-hydroxylation sites is 1. The number of ether oxygens (including phenoxy) is 1. The summed E-state index contributed by atoms with van der Waals surface area (Å²) in [5.41, 5.74) is 5.36. The van der Waals surface area contributed by atoms with Crippen LogP contribution >= 0.6 is 0 Å². The van der Waals surface area contributed by atoms with Crippen LogP contribution in [0.25, 0.3) is 0 Å². The molecule has 1 aliphatic rings. The third-order valence-corrected chi connectivity index (χ3v) is 5.93. The van der Waals surface area contributed by atoms with Crippen molar-refractivity contribution in [2.75, 3.05) is 31.1 Å². The molecule has 1 aliphatic heterocycles. The van der Waals surface area contributed by atoms with Crippen molar-refractivity contribution in [2.24, 2.45) is 0 Å². The first-order valence-corrected chi connectivity index (χ1v) is 10.7. The second-order valence-corrected chi connectivity index (χ2v) is 8.07. The Hall–Kier alpha value is -3.28. The zero-order valence-electron chi connectivity index (χ0n) is 18.4. The van der Waals surface area contributed by atoms with Gasteiger partial charge in [-0.3, -0.25) is 4.79 Å². The maximum Gasteiger partial charge on any atom is 0.227 e. The molecule has 2 aromatic carbocycles. The highest BCUT2D eigenvalue weighted by atomic mass is 16.5. The Morgan fingerprint density at radius 3 is 2.35 bits per heavy atom. The number of nitrogens with zero attached hydrogens (tertiary/aromatic N) is 3. The van der Waals surface area contributed by atoms with E-state index < -0.39 is 0 Å². The van der Waals surface area contributed by atoms with Crippen LogP contribution in [0.5, 0.6) is 5.75 Å². The van der Waals surface area contributed by atoms with Crippen molar-refractivity contribution in [3.8, 4) is 5.75 Å². The van der Waals surface area contributed by atoms with Gasteiger partial charge in [0.05, 0.1) is 17.7 Å². The van der Waals surface area contributed by atoms with Crippen molar-refractivity contribution in [1.29, 1.82) is 0 Å². The predicted octanol–water partition coefficient (Wildman–Crippen LogP) is 4.07. The van der Waals surface area contributed by atoms with Gasteiger partial charge in [0.2, 0.25) is 5.91 Å². The van der Waals surface area contributed by atoms with Crippen molar-refractivity contribution in [2.45, 2.75) is 33.8 Å². The first kappa shape index (κ1) is 21.0. The van der Waals surface area contributed by atoms with E-state index in [2.05, 4.69) is 41.2 Å². The average Bonchev–Trinajstić information content (AvgIpc) is 3.11. The maximum absolute atomic E-state index is 12.8. The molecule has 0 saturated carbocycles. The lowest BCUT2D eigenvalue weighted by molar-refractivity contribution is -0.130. The van der Waals surface area contributed by atoms with Gasteiger partial charge >= 0.3 is 0 Å². The van der Waals surface area contributed by atoms with Gasteiger partial charge in [-0.25, -0.2) is 0 Å². The van der Waals surface area contributed by atoms with Gasteiger partial charge in [-0.2, -0.15) is 0 Å². The van der Waals surface area contributed by atoms with Gasteiger partial charge in [0.15, 0.2) is 0 Å². The van der Waals surface area contributed by atoms with E-state index in [1.807, 2.05) is 43.0 Å². The van der Waals surface area contributed by atoms with Crippen LogP contribution in [0, 0.1) is 20.8 Å². The van der Waals surface area contributed by atoms with Crippen LogP contribution in [0.2, 0.25) is 0 Å². The van der Waals surface area contributed by atoms with Gasteiger partial charge in [0, 0.05) is 31.9 Å². The van der Waals surface area contributed by atoms with Gasteiger partial charge < -0.3 is 19.1 Å². The van der Waals surface area contributed by atoms with Crippen molar-refractivity contribution in [3.63, 3.8) is 0 Å². The summed E-state index contributed by atoms with van der Waals surface area (Å²) < 4.78 is 11.0. The lowest BCUT2D eigenvalue weighted by Crippen LogP contribution is -2.49. The first-order chi connectivity index (χ1) is 15.0. The molecule has 1 aromatic heterocycles. The van der Waals surface area contributed by atoms with Crippen LogP contribution < -0.4 is 9.64 Å². The van der Waals surface area contributed by atoms with Crippen molar-refractivity contribution in [1.82, 2.24) is 10.1 Å². The smallest absolute Gasteiger partial charge is 0.227 e. The number of hydrogen-bond acceptors (Lipinski definition) is 5. The van der Waals surface area contributed by atoms with E-state index >= 15 is 0 Å². The van der Waals surface area contributed by atoms with E-state index in [-0.39, 0.29) is 5.91 Å². The molecule has 1 fully saturated rings. The van der Waals surface area contributed by atoms with Gasteiger partial charge in [-0.15, -0.1) is 0 Å². The molecule has 6 nitrogen and oxygen atoms in total. The van der Waals surface area contributed by atoms with Crippen LogP contribution in [-0.2, 0) is 17.8 Å². The molecule has 0 spiro atoms. The third-order valence-electron chi connectivity index (χ3n) is 5.93. The molecule has 162 valence electrons. The number of anilines is 1. The number of aromatic nitrogens is 1. The molecule has 0 unspecified atom stereocenters. The second-order valence-electron chi connectivity index (χ2n) is 8.07. The summed E-state index contributed by atoms with van der Waals surface area (Å²) >= 11 is 0. The summed E-state index contributed by atoms with van der Waals surface area (Å²) in [7, 11) is 0. The second kappa shape index (κ2) is 9.25. The summed E-state index contributed by atoms with van der Waals surface area (Å²) in [5.74, 6) is 1.72. The molecule has 2 heterocycles. The standard InChI is InChI=1S/C25H29N3O3/c1-18-6-4-5-7-24(18)27-12-14-28(15-13-27)25(29)16-21-8-10-22(11-9-21)30-17-23-19(2)26-31-20(23)3/h4-11H,12-17H2,1-3H3. The minimum atomic E-state index is 0.175. The van der Waals surface area contributed by atoms with Crippen LogP contribution in [0.1, 0.15) is 28.1 Å². The third kappa shape index (κ3) is 4.90. The predicted molar refractivity (Wildman–Crippen MR) is 120 cm³/mol. The van der Waals surface area contributed by atoms with Gasteiger partial charge in [-0.05, 0) is 50.1 Å². The largest absolute Gasteiger partial charge is 0.489 e. The molecule has 0 radical (unpaired) electrons. The fourth-order valence-electron chi connectivity index (χ4n) is 3.97. The lowest BCUT2D eigenvalue weighted by Gasteiger charge is -2.37. The molecule has 31 heavy (non-hydrogen) atoms. The Kier molecular flexibility index (Phi) is 6.26. The van der Waals surface area contributed by atoms with Crippen LogP contribution in [0.3, 0.4) is 0 Å². The van der Waals surface area contributed by atoms with Gasteiger partial charge in [0.1, 0.15) is 18.1 Å². The molecular formula is C25H29N3O3. The SMILES string of the molecule is Cc1ccccc1N1CCN(C(=O)Cc2ccc(OCc3c(C)noc3C)cc2)CC1. The molecule has 4 rings (SSSR count). The molecule has 0 aliphatic carbocycles. The molecule has 0 atom stereocenters. The highest BCUT2D eigenvalue weighted by Crippen LogP contribution is 2.22. The number of benzene rings is 2. The zero-order chi connectivity index (χ0) is 21.8. The minimum absolute atomic E-state index is 0.175. The number of carbonyl (C=O) groups is 1. The summed E-state index contributed by atoms with van der Waals surface area (Å²) in [6, 6.07) is 16.2. The highest BCUT2D eigenvalue weighted by Gasteiger charge is 2.22. The molecular weight excluding hydrogens is 390 g/mol. The summed E-state index contributed by atoms with van der Waals surface area (Å²) in [4.78, 5) is 17.1. The average molecular weight is 420 g/mol. The minimum Gasteiger partial charge on any atom is -0.489 e. The van der Waals surface area contributed by atoms with E-state index in [4.69, 9.17) is 9.26 Å². The maximum atomic E-state index is 12.8. The zero-order valence-corrected chi connectivity index (χ0v) is 18.4. The van der Waals surface area contributed by atoms with Crippen molar-refractivity contribution < 1.29 is 14.1 Å².